The molecule has 0 saturated carbocycles. The molecule has 0 aliphatic carbocycles. The van der Waals surface area contributed by atoms with Crippen molar-refractivity contribution in [2.75, 3.05) is 27.9 Å². The predicted molar refractivity (Wildman–Crippen MR) is 61.4 cm³/mol. The monoisotopic (exact) mass is 209 g/mol. The van der Waals surface area contributed by atoms with Crippen molar-refractivity contribution in [2.45, 2.75) is 12.5 Å². The normalized spacial score (nSPS) is 12.5. The quantitative estimate of drug-likeness (QED) is 0.769. The summed E-state index contributed by atoms with van der Waals surface area (Å²) in [5.41, 5.74) is 1.21. The number of methoxy groups -OCH3 is 2. The third-order valence-corrected chi connectivity index (χ3v) is 2.43. The first-order valence-electron chi connectivity index (χ1n) is 5.10. The molecule has 1 aromatic rings. The molecule has 1 unspecified atom stereocenters. The largest absolute Gasteiger partial charge is 0.496 e. The van der Waals surface area contributed by atoms with Crippen molar-refractivity contribution in [1.29, 1.82) is 0 Å². The molecular weight excluding hydrogens is 190 g/mol. The summed E-state index contributed by atoms with van der Waals surface area (Å²) in [5, 5.41) is 3.22. The van der Waals surface area contributed by atoms with Gasteiger partial charge >= 0.3 is 0 Å². The van der Waals surface area contributed by atoms with Crippen molar-refractivity contribution in [2.24, 2.45) is 0 Å². The van der Waals surface area contributed by atoms with Gasteiger partial charge in [-0.05, 0) is 25.1 Å². The van der Waals surface area contributed by atoms with Gasteiger partial charge in [-0.15, -0.1) is 0 Å². The van der Waals surface area contributed by atoms with Gasteiger partial charge in [0.05, 0.1) is 13.7 Å². The van der Waals surface area contributed by atoms with E-state index in [4.69, 9.17) is 9.47 Å². The molecule has 84 valence electrons. The minimum Gasteiger partial charge on any atom is -0.496 e. The molecule has 1 aromatic carbocycles. The number of para-hydroxylation sites is 1. The molecule has 0 aromatic heterocycles. The van der Waals surface area contributed by atoms with Crippen LogP contribution < -0.4 is 10.1 Å². The van der Waals surface area contributed by atoms with Gasteiger partial charge in [0, 0.05) is 13.2 Å². The molecule has 0 fully saturated rings. The van der Waals surface area contributed by atoms with E-state index in [1.54, 1.807) is 14.2 Å². The van der Waals surface area contributed by atoms with Gasteiger partial charge in [0.25, 0.3) is 0 Å². The molecule has 15 heavy (non-hydrogen) atoms. The van der Waals surface area contributed by atoms with Gasteiger partial charge in [0.15, 0.2) is 0 Å². The Kier molecular flexibility index (Phi) is 5.15. The maximum absolute atomic E-state index is 5.30. The van der Waals surface area contributed by atoms with Crippen molar-refractivity contribution in [1.82, 2.24) is 5.32 Å². The van der Waals surface area contributed by atoms with E-state index in [1.165, 1.54) is 5.56 Å². The van der Waals surface area contributed by atoms with Gasteiger partial charge in [-0.2, -0.15) is 0 Å². The number of ether oxygens (including phenoxy) is 2. The van der Waals surface area contributed by atoms with Crippen LogP contribution in [0.5, 0.6) is 5.75 Å². The zero-order chi connectivity index (χ0) is 11.1. The number of benzene rings is 1. The second-order valence-corrected chi connectivity index (χ2v) is 3.46. The highest BCUT2D eigenvalue weighted by molar-refractivity contribution is 5.33. The smallest absolute Gasteiger partial charge is 0.122 e. The average Bonchev–Trinajstić information content (AvgIpc) is 2.29. The Bertz CT molecular complexity index is 289. The molecule has 3 heteroatoms. The van der Waals surface area contributed by atoms with E-state index < -0.39 is 0 Å². The number of hydrogen-bond donors (Lipinski definition) is 1. The first-order valence-corrected chi connectivity index (χ1v) is 5.10. The van der Waals surface area contributed by atoms with Crippen LogP contribution in [-0.4, -0.2) is 33.9 Å². The lowest BCUT2D eigenvalue weighted by Crippen LogP contribution is -2.32. The third-order valence-electron chi connectivity index (χ3n) is 2.43. The Morgan fingerprint density at radius 2 is 2.00 bits per heavy atom. The van der Waals surface area contributed by atoms with Crippen LogP contribution >= 0.6 is 0 Å². The molecule has 3 nitrogen and oxygen atoms in total. The fraction of sp³-hybridized carbons (Fsp3) is 0.500. The van der Waals surface area contributed by atoms with Gasteiger partial charge in [0.2, 0.25) is 0 Å². The minimum absolute atomic E-state index is 0.325. The molecule has 1 N–H and O–H groups in total. The topological polar surface area (TPSA) is 30.5 Å². The van der Waals surface area contributed by atoms with Crippen molar-refractivity contribution >= 4 is 0 Å². The van der Waals surface area contributed by atoms with Crippen molar-refractivity contribution in [3.63, 3.8) is 0 Å². The molecule has 1 rings (SSSR count). The molecule has 0 amide bonds. The zero-order valence-corrected chi connectivity index (χ0v) is 9.62. The molecule has 0 aliphatic rings. The number of likely N-dealkylation sites (N-methyl/N-ethyl adjacent to an activating group) is 1. The molecule has 0 radical (unpaired) electrons. The van der Waals surface area contributed by atoms with Crippen LogP contribution in [0, 0.1) is 0 Å². The Morgan fingerprint density at radius 1 is 1.27 bits per heavy atom. The fourth-order valence-electron chi connectivity index (χ4n) is 1.58. The summed E-state index contributed by atoms with van der Waals surface area (Å²) >= 11 is 0. The molecule has 0 heterocycles. The van der Waals surface area contributed by atoms with Crippen LogP contribution in [0.1, 0.15) is 5.56 Å². The van der Waals surface area contributed by atoms with E-state index in [0.717, 1.165) is 12.2 Å². The van der Waals surface area contributed by atoms with Crippen LogP contribution in [0.15, 0.2) is 24.3 Å². The van der Waals surface area contributed by atoms with Crippen LogP contribution in [0.3, 0.4) is 0 Å². The van der Waals surface area contributed by atoms with E-state index in [-0.39, 0.29) is 0 Å². The maximum Gasteiger partial charge on any atom is 0.122 e. The highest BCUT2D eigenvalue weighted by Gasteiger charge is 2.09. The van der Waals surface area contributed by atoms with E-state index in [1.807, 2.05) is 25.2 Å². The van der Waals surface area contributed by atoms with Crippen molar-refractivity contribution in [3.05, 3.63) is 29.8 Å². The Balaban J connectivity index is 2.69. The minimum atomic E-state index is 0.325. The van der Waals surface area contributed by atoms with Crippen molar-refractivity contribution in [3.8, 4) is 5.75 Å². The Morgan fingerprint density at radius 3 is 2.60 bits per heavy atom. The van der Waals surface area contributed by atoms with Gasteiger partial charge in [-0.3, -0.25) is 0 Å². The van der Waals surface area contributed by atoms with Gasteiger partial charge < -0.3 is 14.8 Å². The van der Waals surface area contributed by atoms with Crippen molar-refractivity contribution < 1.29 is 9.47 Å². The van der Waals surface area contributed by atoms with Crippen LogP contribution in [0.4, 0.5) is 0 Å². The summed E-state index contributed by atoms with van der Waals surface area (Å²) in [6.45, 7) is 0.703. The average molecular weight is 209 g/mol. The second kappa shape index (κ2) is 6.43. The first-order chi connectivity index (χ1) is 7.31. The molecule has 0 saturated heterocycles. The van der Waals surface area contributed by atoms with Gasteiger partial charge in [-0.1, -0.05) is 18.2 Å². The van der Waals surface area contributed by atoms with E-state index in [0.29, 0.717) is 12.6 Å². The zero-order valence-electron chi connectivity index (χ0n) is 9.62. The van der Waals surface area contributed by atoms with Gasteiger partial charge in [0.1, 0.15) is 5.75 Å². The molecule has 1 atom stereocenters. The Labute approximate surface area is 91.4 Å². The summed E-state index contributed by atoms with van der Waals surface area (Å²) in [6, 6.07) is 8.39. The number of nitrogens with one attached hydrogen (secondary N) is 1. The third kappa shape index (κ3) is 3.53. The summed E-state index contributed by atoms with van der Waals surface area (Å²) < 4.78 is 10.4. The SMILES string of the molecule is CNC(COC)Cc1ccccc1OC. The van der Waals surface area contributed by atoms with E-state index in [9.17, 15) is 0 Å². The summed E-state index contributed by atoms with van der Waals surface area (Å²) in [4.78, 5) is 0. The first kappa shape index (κ1) is 12.0. The van der Waals surface area contributed by atoms with E-state index >= 15 is 0 Å². The lowest BCUT2D eigenvalue weighted by Gasteiger charge is -2.16. The molecule has 0 bridgehead atoms. The molecular formula is C12H19NO2. The summed E-state index contributed by atoms with van der Waals surface area (Å²) in [7, 11) is 5.36. The van der Waals surface area contributed by atoms with Crippen LogP contribution in [0.25, 0.3) is 0 Å². The highest BCUT2D eigenvalue weighted by atomic mass is 16.5. The Hall–Kier alpha value is -1.06. The fourth-order valence-corrected chi connectivity index (χ4v) is 1.58. The lowest BCUT2D eigenvalue weighted by molar-refractivity contribution is 0.169. The van der Waals surface area contributed by atoms with Gasteiger partial charge in [-0.25, -0.2) is 0 Å². The second-order valence-electron chi connectivity index (χ2n) is 3.46. The standard InChI is InChI=1S/C12H19NO2/c1-13-11(9-14-2)8-10-6-4-5-7-12(10)15-3/h4-7,11,13H,8-9H2,1-3H3. The number of rotatable bonds is 6. The predicted octanol–water partition coefficient (Wildman–Crippen LogP) is 1.47. The lowest BCUT2D eigenvalue weighted by atomic mass is 10.1. The summed E-state index contributed by atoms with van der Waals surface area (Å²) in [5.74, 6) is 0.939. The molecule has 0 spiro atoms. The maximum atomic E-state index is 5.30. The highest BCUT2D eigenvalue weighted by Crippen LogP contribution is 2.18. The molecule has 0 aliphatic heterocycles. The van der Waals surface area contributed by atoms with Crippen LogP contribution in [0.2, 0.25) is 0 Å². The number of hydrogen-bond acceptors (Lipinski definition) is 3. The van der Waals surface area contributed by atoms with Crippen LogP contribution in [-0.2, 0) is 11.2 Å². The summed E-state index contributed by atoms with van der Waals surface area (Å²) in [6.07, 6.45) is 0.911. The van der Waals surface area contributed by atoms with E-state index in [2.05, 4.69) is 11.4 Å².